The van der Waals surface area contributed by atoms with Crippen molar-refractivity contribution in [1.82, 2.24) is 10.2 Å². The SMILES string of the molecule is CO[C@@H]1C[C@H]2CN(C(=O)c3cc(F)cc(C#N)c3)C[C@H]2C[C@H]1NC(C)=O. The third-order valence-corrected chi connectivity index (χ3v) is 5.37. The van der Waals surface area contributed by atoms with E-state index >= 15 is 0 Å². The third-order valence-electron chi connectivity index (χ3n) is 5.37. The van der Waals surface area contributed by atoms with E-state index in [2.05, 4.69) is 5.32 Å². The summed E-state index contributed by atoms with van der Waals surface area (Å²) >= 11 is 0. The van der Waals surface area contributed by atoms with Crippen LogP contribution in [0.5, 0.6) is 0 Å². The Bertz CT molecular complexity index is 761. The number of hydrogen-bond acceptors (Lipinski definition) is 4. The van der Waals surface area contributed by atoms with Crippen molar-refractivity contribution in [3.05, 3.63) is 35.1 Å². The lowest BCUT2D eigenvalue weighted by Crippen LogP contribution is -2.49. The Hall–Kier alpha value is -2.46. The Labute approximate surface area is 151 Å². The molecule has 1 N–H and O–H groups in total. The fraction of sp³-hybridized carbons (Fsp3) is 0.526. The molecule has 2 fully saturated rings. The van der Waals surface area contributed by atoms with Gasteiger partial charge in [0.05, 0.1) is 23.8 Å². The van der Waals surface area contributed by atoms with Crippen LogP contribution in [0.3, 0.4) is 0 Å². The molecule has 1 saturated carbocycles. The summed E-state index contributed by atoms with van der Waals surface area (Å²) < 4.78 is 19.2. The van der Waals surface area contributed by atoms with Crippen molar-refractivity contribution < 1.29 is 18.7 Å². The van der Waals surface area contributed by atoms with E-state index in [0.29, 0.717) is 13.1 Å². The molecule has 2 amide bonds. The summed E-state index contributed by atoms with van der Waals surface area (Å²) in [5.41, 5.74) is 0.331. The van der Waals surface area contributed by atoms with Crippen molar-refractivity contribution >= 4 is 11.8 Å². The largest absolute Gasteiger partial charge is 0.379 e. The maximum Gasteiger partial charge on any atom is 0.254 e. The van der Waals surface area contributed by atoms with Crippen LogP contribution in [-0.4, -0.2) is 49.1 Å². The molecule has 0 radical (unpaired) electrons. The number of methoxy groups -OCH3 is 1. The standard InChI is InChI=1S/C19H22FN3O3/c1-11(24)22-17-6-14-9-23(10-15(14)7-18(17)26-2)19(25)13-3-12(8-21)4-16(20)5-13/h3-5,14-15,17-18H,6-7,9-10H2,1-2H3,(H,22,24)/t14-,15+,17-,18-/m1/s1. The second-order valence-electron chi connectivity index (χ2n) is 7.12. The van der Waals surface area contributed by atoms with Crippen molar-refractivity contribution in [3.63, 3.8) is 0 Å². The molecular weight excluding hydrogens is 337 g/mol. The number of hydrogen-bond donors (Lipinski definition) is 1. The Kier molecular flexibility index (Phi) is 5.23. The summed E-state index contributed by atoms with van der Waals surface area (Å²) in [6.07, 6.45) is 1.44. The second kappa shape index (κ2) is 7.42. The maximum absolute atomic E-state index is 13.6. The quantitative estimate of drug-likeness (QED) is 0.890. The summed E-state index contributed by atoms with van der Waals surface area (Å²) in [7, 11) is 1.63. The zero-order valence-corrected chi connectivity index (χ0v) is 14.9. The summed E-state index contributed by atoms with van der Waals surface area (Å²) in [5.74, 6) is -0.385. The number of carbonyl (C=O) groups is 2. The minimum absolute atomic E-state index is 0.0619. The summed E-state index contributed by atoms with van der Waals surface area (Å²) in [6, 6.07) is 5.52. The van der Waals surface area contributed by atoms with E-state index < -0.39 is 5.82 Å². The first kappa shape index (κ1) is 18.3. The molecule has 0 bridgehead atoms. The summed E-state index contributed by atoms with van der Waals surface area (Å²) in [6.45, 7) is 2.63. The topological polar surface area (TPSA) is 82.4 Å². The lowest BCUT2D eigenvalue weighted by molar-refractivity contribution is -0.121. The van der Waals surface area contributed by atoms with Gasteiger partial charge in [-0.25, -0.2) is 4.39 Å². The Morgan fingerprint density at radius 2 is 1.96 bits per heavy atom. The molecule has 26 heavy (non-hydrogen) atoms. The van der Waals surface area contributed by atoms with Crippen LogP contribution >= 0.6 is 0 Å². The molecule has 1 heterocycles. The molecule has 1 saturated heterocycles. The molecule has 4 atom stereocenters. The number of fused-ring (bicyclic) bond motifs is 1. The molecule has 2 aliphatic rings. The van der Waals surface area contributed by atoms with Gasteiger partial charge in [-0.2, -0.15) is 5.26 Å². The van der Waals surface area contributed by atoms with Crippen LogP contribution in [0.1, 0.15) is 35.7 Å². The Morgan fingerprint density at radius 1 is 1.27 bits per heavy atom. The van der Waals surface area contributed by atoms with Gasteiger partial charge in [0.25, 0.3) is 5.91 Å². The maximum atomic E-state index is 13.6. The van der Waals surface area contributed by atoms with Gasteiger partial charge < -0.3 is 15.0 Å². The van der Waals surface area contributed by atoms with Gasteiger partial charge in [-0.05, 0) is 42.9 Å². The summed E-state index contributed by atoms with van der Waals surface area (Å²) in [5, 5.41) is 11.9. The van der Waals surface area contributed by atoms with Gasteiger partial charge in [0.15, 0.2) is 0 Å². The van der Waals surface area contributed by atoms with Crippen LogP contribution in [0.15, 0.2) is 18.2 Å². The van der Waals surface area contributed by atoms with E-state index in [0.717, 1.165) is 18.9 Å². The first-order valence-corrected chi connectivity index (χ1v) is 8.71. The molecule has 0 aromatic heterocycles. The zero-order valence-electron chi connectivity index (χ0n) is 14.9. The highest BCUT2D eigenvalue weighted by Gasteiger charge is 2.44. The van der Waals surface area contributed by atoms with Crippen LogP contribution in [-0.2, 0) is 9.53 Å². The molecule has 0 spiro atoms. The molecule has 6 nitrogen and oxygen atoms in total. The lowest BCUT2D eigenvalue weighted by Gasteiger charge is -2.37. The number of benzene rings is 1. The van der Waals surface area contributed by atoms with Gasteiger partial charge in [-0.3, -0.25) is 9.59 Å². The van der Waals surface area contributed by atoms with E-state index in [1.54, 1.807) is 12.0 Å². The van der Waals surface area contributed by atoms with Crippen LogP contribution in [0, 0.1) is 29.0 Å². The first-order chi connectivity index (χ1) is 12.4. The van der Waals surface area contributed by atoms with Crippen molar-refractivity contribution in [2.45, 2.75) is 31.9 Å². The minimum Gasteiger partial charge on any atom is -0.379 e. The van der Waals surface area contributed by atoms with E-state index in [-0.39, 0.29) is 46.9 Å². The summed E-state index contributed by atoms with van der Waals surface area (Å²) in [4.78, 5) is 25.9. The predicted molar refractivity (Wildman–Crippen MR) is 91.6 cm³/mol. The number of likely N-dealkylation sites (tertiary alicyclic amines) is 1. The number of halogens is 1. The van der Waals surface area contributed by atoms with Gasteiger partial charge in [0, 0.05) is 32.7 Å². The first-order valence-electron chi connectivity index (χ1n) is 8.71. The van der Waals surface area contributed by atoms with E-state index in [1.165, 1.54) is 19.1 Å². The van der Waals surface area contributed by atoms with Gasteiger partial charge in [-0.15, -0.1) is 0 Å². The number of carbonyl (C=O) groups excluding carboxylic acids is 2. The molecule has 7 heteroatoms. The molecule has 3 rings (SSSR count). The van der Waals surface area contributed by atoms with Crippen molar-refractivity contribution in [3.8, 4) is 6.07 Å². The number of nitrogens with zero attached hydrogens (tertiary/aromatic N) is 2. The number of ether oxygens (including phenoxy) is 1. The number of rotatable bonds is 3. The molecule has 1 aromatic rings. The minimum atomic E-state index is -0.589. The van der Waals surface area contributed by atoms with Crippen molar-refractivity contribution in [2.24, 2.45) is 11.8 Å². The average molecular weight is 359 g/mol. The van der Waals surface area contributed by atoms with Gasteiger partial charge in [0.1, 0.15) is 5.82 Å². The van der Waals surface area contributed by atoms with Crippen molar-refractivity contribution in [1.29, 1.82) is 5.26 Å². The Morgan fingerprint density at radius 3 is 2.58 bits per heavy atom. The monoisotopic (exact) mass is 359 g/mol. The normalized spacial score (nSPS) is 27.5. The highest BCUT2D eigenvalue weighted by Crippen LogP contribution is 2.38. The van der Waals surface area contributed by atoms with Crippen LogP contribution in [0.25, 0.3) is 0 Å². The zero-order chi connectivity index (χ0) is 18.8. The smallest absolute Gasteiger partial charge is 0.254 e. The van der Waals surface area contributed by atoms with Gasteiger partial charge >= 0.3 is 0 Å². The molecule has 1 aliphatic heterocycles. The predicted octanol–water partition coefficient (Wildman–Crippen LogP) is 1.70. The highest BCUT2D eigenvalue weighted by molar-refractivity contribution is 5.94. The molecule has 1 aliphatic carbocycles. The van der Waals surface area contributed by atoms with Crippen LogP contribution in [0.4, 0.5) is 4.39 Å². The molecule has 1 aromatic carbocycles. The number of nitriles is 1. The third kappa shape index (κ3) is 3.70. The number of nitrogens with one attached hydrogen (secondary N) is 1. The number of amides is 2. The van der Waals surface area contributed by atoms with Crippen LogP contribution in [0.2, 0.25) is 0 Å². The van der Waals surface area contributed by atoms with E-state index in [9.17, 15) is 14.0 Å². The molecule has 0 unspecified atom stereocenters. The molecular formula is C19H22FN3O3. The van der Waals surface area contributed by atoms with E-state index in [1.807, 2.05) is 6.07 Å². The lowest BCUT2D eigenvalue weighted by atomic mass is 9.77. The van der Waals surface area contributed by atoms with Crippen LogP contribution < -0.4 is 5.32 Å². The molecule has 138 valence electrons. The van der Waals surface area contributed by atoms with E-state index in [4.69, 9.17) is 10.00 Å². The Balaban J connectivity index is 1.74. The van der Waals surface area contributed by atoms with Gasteiger partial charge in [0.2, 0.25) is 5.91 Å². The van der Waals surface area contributed by atoms with Crippen molar-refractivity contribution in [2.75, 3.05) is 20.2 Å². The fourth-order valence-electron chi connectivity index (χ4n) is 4.21. The highest BCUT2D eigenvalue weighted by atomic mass is 19.1. The van der Waals surface area contributed by atoms with Gasteiger partial charge in [-0.1, -0.05) is 0 Å². The average Bonchev–Trinajstić information content (AvgIpc) is 3.01. The fourth-order valence-corrected chi connectivity index (χ4v) is 4.21. The second-order valence-corrected chi connectivity index (χ2v) is 7.12.